The van der Waals surface area contributed by atoms with E-state index in [4.69, 9.17) is 4.74 Å². The number of carbonyl (C=O) groups excluding carboxylic acids is 2. The van der Waals surface area contributed by atoms with E-state index in [9.17, 15) is 9.59 Å². The van der Waals surface area contributed by atoms with Gasteiger partial charge in [0.05, 0.1) is 17.9 Å². The molecule has 0 spiro atoms. The van der Waals surface area contributed by atoms with Crippen LogP contribution in [0.15, 0.2) is 48.5 Å². The van der Waals surface area contributed by atoms with Crippen molar-refractivity contribution in [3.8, 4) is 5.75 Å². The minimum atomic E-state index is -0.520. The molecule has 0 aliphatic carbocycles. The average Bonchev–Trinajstić information content (AvgIpc) is 3.03. The van der Waals surface area contributed by atoms with Gasteiger partial charge in [-0.15, -0.1) is 0 Å². The van der Waals surface area contributed by atoms with Crippen LogP contribution in [0.5, 0.6) is 5.75 Å². The zero-order chi connectivity index (χ0) is 21.4. The average molecular weight is 404 g/mol. The van der Waals surface area contributed by atoms with Crippen LogP contribution >= 0.6 is 0 Å². The van der Waals surface area contributed by atoms with Crippen LogP contribution < -0.4 is 15.0 Å². The third-order valence-electron chi connectivity index (χ3n) is 5.19. The molecule has 0 saturated carbocycles. The van der Waals surface area contributed by atoms with Crippen LogP contribution in [-0.4, -0.2) is 34.7 Å². The van der Waals surface area contributed by atoms with Crippen molar-refractivity contribution in [2.75, 3.05) is 17.3 Å². The quantitative estimate of drug-likeness (QED) is 0.722. The number of likely N-dealkylation sites (N-methyl/N-ethyl adjacent to an activating group) is 1. The number of carbonyl (C=O) groups is 2. The molecule has 1 aromatic heterocycles. The highest BCUT2D eigenvalue weighted by Gasteiger charge is 2.29. The van der Waals surface area contributed by atoms with Gasteiger partial charge in [0.2, 0.25) is 0 Å². The van der Waals surface area contributed by atoms with Crippen molar-refractivity contribution in [1.29, 1.82) is 0 Å². The number of benzene rings is 2. The lowest BCUT2D eigenvalue weighted by Gasteiger charge is -2.30. The highest BCUT2D eigenvalue weighted by atomic mass is 16.5. The van der Waals surface area contributed by atoms with Crippen molar-refractivity contribution in [2.24, 2.45) is 0 Å². The van der Waals surface area contributed by atoms with Crippen molar-refractivity contribution in [2.45, 2.75) is 33.4 Å². The zero-order valence-corrected chi connectivity index (χ0v) is 17.5. The third-order valence-corrected chi connectivity index (χ3v) is 5.19. The summed E-state index contributed by atoms with van der Waals surface area (Å²) in [6.07, 6.45) is -0.520. The number of amides is 2. The van der Waals surface area contributed by atoms with Crippen LogP contribution in [0.3, 0.4) is 0 Å². The Balaban J connectivity index is 1.52. The molecule has 7 nitrogen and oxygen atoms in total. The van der Waals surface area contributed by atoms with Crippen molar-refractivity contribution in [1.82, 2.24) is 9.78 Å². The summed E-state index contributed by atoms with van der Waals surface area (Å²) in [6, 6.07) is 14.8. The van der Waals surface area contributed by atoms with Gasteiger partial charge in [-0.05, 0) is 62.7 Å². The van der Waals surface area contributed by atoms with Gasteiger partial charge in [0.1, 0.15) is 5.75 Å². The van der Waals surface area contributed by atoms with Gasteiger partial charge in [0.15, 0.2) is 6.10 Å². The Morgan fingerprint density at radius 1 is 1.17 bits per heavy atom. The van der Waals surface area contributed by atoms with Crippen molar-refractivity contribution >= 4 is 23.2 Å². The second kappa shape index (κ2) is 7.67. The molecular weight excluding hydrogens is 380 g/mol. The van der Waals surface area contributed by atoms with Crippen LogP contribution in [0.4, 0.5) is 11.4 Å². The Morgan fingerprint density at radius 2 is 1.97 bits per heavy atom. The molecule has 1 aliphatic heterocycles. The van der Waals surface area contributed by atoms with Crippen molar-refractivity contribution in [3.63, 3.8) is 0 Å². The maximum atomic E-state index is 12.8. The van der Waals surface area contributed by atoms with Gasteiger partial charge in [-0.2, -0.15) is 5.10 Å². The Labute approximate surface area is 175 Å². The Kier molecular flexibility index (Phi) is 5.03. The first kappa shape index (κ1) is 19.7. The van der Waals surface area contributed by atoms with Crippen LogP contribution in [0.1, 0.15) is 34.2 Å². The molecule has 0 radical (unpaired) electrons. The number of fused-ring (bicyclic) bond motifs is 1. The molecule has 1 N–H and O–H groups in total. The fourth-order valence-electron chi connectivity index (χ4n) is 3.61. The van der Waals surface area contributed by atoms with E-state index in [2.05, 4.69) is 10.4 Å². The predicted molar refractivity (Wildman–Crippen MR) is 115 cm³/mol. The fraction of sp³-hybridized carbons (Fsp3) is 0.261. The van der Waals surface area contributed by atoms with Crippen LogP contribution in [0.2, 0.25) is 0 Å². The SMILES string of the molecule is Cc1cc(C)n(Cc2cccc(C(=O)Nc3ccc4c(c3)N(C)C(=O)C(C)O4)c2)n1. The highest BCUT2D eigenvalue weighted by molar-refractivity contribution is 6.05. The zero-order valence-electron chi connectivity index (χ0n) is 17.5. The third kappa shape index (κ3) is 3.78. The minimum absolute atomic E-state index is 0.122. The topological polar surface area (TPSA) is 76.5 Å². The molecule has 2 aromatic carbocycles. The van der Waals surface area contributed by atoms with E-state index in [-0.39, 0.29) is 11.8 Å². The summed E-state index contributed by atoms with van der Waals surface area (Å²) in [5, 5.41) is 7.39. The van der Waals surface area contributed by atoms with E-state index in [1.165, 1.54) is 0 Å². The standard InChI is InChI=1S/C23H24N4O3/c1-14-10-15(2)27(25-14)13-17-6-5-7-18(11-17)22(28)24-19-8-9-21-20(12-19)26(4)23(29)16(3)30-21/h5-12,16H,13H2,1-4H3,(H,24,28). The number of hydrogen-bond acceptors (Lipinski definition) is 4. The van der Waals surface area contributed by atoms with Gasteiger partial charge in [-0.25, -0.2) is 0 Å². The molecule has 0 fully saturated rings. The van der Waals surface area contributed by atoms with Crippen molar-refractivity contribution < 1.29 is 14.3 Å². The van der Waals surface area contributed by atoms with Crippen LogP contribution in [-0.2, 0) is 11.3 Å². The van der Waals surface area contributed by atoms with E-state index in [0.29, 0.717) is 29.2 Å². The van der Waals surface area contributed by atoms with E-state index in [0.717, 1.165) is 17.0 Å². The summed E-state index contributed by atoms with van der Waals surface area (Å²) in [5.41, 5.74) is 4.82. The van der Waals surface area contributed by atoms with E-state index >= 15 is 0 Å². The number of rotatable bonds is 4. The molecule has 30 heavy (non-hydrogen) atoms. The molecule has 1 aliphatic rings. The second-order valence-corrected chi connectivity index (χ2v) is 7.58. The van der Waals surface area contributed by atoms with E-state index in [1.54, 1.807) is 43.1 Å². The van der Waals surface area contributed by atoms with Gasteiger partial charge in [0, 0.05) is 24.0 Å². The number of nitrogens with zero attached hydrogens (tertiary/aromatic N) is 3. The number of hydrogen-bond donors (Lipinski definition) is 1. The summed E-state index contributed by atoms with van der Waals surface area (Å²) in [7, 11) is 1.70. The molecule has 0 bridgehead atoms. The molecule has 154 valence electrons. The number of aryl methyl sites for hydroxylation is 2. The molecule has 2 amide bonds. The highest BCUT2D eigenvalue weighted by Crippen LogP contribution is 2.35. The normalized spacial score (nSPS) is 15.5. The lowest BCUT2D eigenvalue weighted by Crippen LogP contribution is -2.41. The molecule has 0 saturated heterocycles. The fourth-order valence-corrected chi connectivity index (χ4v) is 3.61. The largest absolute Gasteiger partial charge is 0.479 e. The first-order valence-corrected chi connectivity index (χ1v) is 9.81. The molecule has 4 rings (SSSR count). The number of anilines is 2. The molecule has 7 heteroatoms. The molecule has 1 unspecified atom stereocenters. The first-order chi connectivity index (χ1) is 14.3. The lowest BCUT2D eigenvalue weighted by atomic mass is 10.1. The molecule has 3 aromatic rings. The number of nitrogens with one attached hydrogen (secondary N) is 1. The van der Waals surface area contributed by atoms with Gasteiger partial charge in [-0.1, -0.05) is 12.1 Å². The molecule has 1 atom stereocenters. The number of aromatic nitrogens is 2. The van der Waals surface area contributed by atoms with Gasteiger partial charge in [0.25, 0.3) is 11.8 Å². The summed E-state index contributed by atoms with van der Waals surface area (Å²) >= 11 is 0. The lowest BCUT2D eigenvalue weighted by molar-refractivity contribution is -0.125. The van der Waals surface area contributed by atoms with Crippen molar-refractivity contribution in [3.05, 3.63) is 71.0 Å². The Bertz CT molecular complexity index is 1140. The maximum absolute atomic E-state index is 12.8. The minimum Gasteiger partial charge on any atom is -0.479 e. The van der Waals surface area contributed by atoms with E-state index in [1.807, 2.05) is 42.8 Å². The summed E-state index contributed by atoms with van der Waals surface area (Å²) < 4.78 is 7.55. The summed E-state index contributed by atoms with van der Waals surface area (Å²) in [5.74, 6) is 0.279. The maximum Gasteiger partial charge on any atom is 0.267 e. The van der Waals surface area contributed by atoms with Crippen LogP contribution in [0.25, 0.3) is 0 Å². The van der Waals surface area contributed by atoms with Crippen LogP contribution in [0, 0.1) is 13.8 Å². The predicted octanol–water partition coefficient (Wildman–Crippen LogP) is 3.54. The first-order valence-electron chi connectivity index (χ1n) is 9.81. The van der Waals surface area contributed by atoms with E-state index < -0.39 is 6.10 Å². The van der Waals surface area contributed by atoms with Gasteiger partial charge in [-0.3, -0.25) is 14.3 Å². The monoisotopic (exact) mass is 404 g/mol. The van der Waals surface area contributed by atoms with Gasteiger partial charge < -0.3 is 15.0 Å². The second-order valence-electron chi connectivity index (χ2n) is 7.58. The Hall–Kier alpha value is -3.61. The summed E-state index contributed by atoms with van der Waals surface area (Å²) in [4.78, 5) is 26.5. The molecule has 2 heterocycles. The molecular formula is C23H24N4O3. The number of ether oxygens (including phenoxy) is 1. The smallest absolute Gasteiger partial charge is 0.267 e. The Morgan fingerprint density at radius 3 is 2.70 bits per heavy atom. The van der Waals surface area contributed by atoms with Gasteiger partial charge >= 0.3 is 0 Å². The summed E-state index contributed by atoms with van der Waals surface area (Å²) in [6.45, 7) is 6.29.